The van der Waals surface area contributed by atoms with Crippen molar-refractivity contribution in [1.29, 1.82) is 0 Å². The molecular weight excluding hydrogens is 252 g/mol. The highest BCUT2D eigenvalue weighted by molar-refractivity contribution is 6.07. The van der Waals surface area contributed by atoms with Gasteiger partial charge in [-0.05, 0) is 50.6 Å². The van der Waals surface area contributed by atoms with Gasteiger partial charge < -0.3 is 10.1 Å². The van der Waals surface area contributed by atoms with Crippen LogP contribution in [-0.4, -0.2) is 36.5 Å². The van der Waals surface area contributed by atoms with E-state index >= 15 is 0 Å². The number of ether oxygens (including phenoxy) is 1. The first kappa shape index (κ1) is 13.4. The quantitative estimate of drug-likeness (QED) is 0.900. The van der Waals surface area contributed by atoms with Crippen molar-refractivity contribution in [2.75, 3.05) is 25.5 Å². The van der Waals surface area contributed by atoms with Crippen LogP contribution in [0.5, 0.6) is 5.75 Å². The molecule has 108 valence electrons. The first-order valence-corrected chi connectivity index (χ1v) is 7.22. The van der Waals surface area contributed by atoms with Gasteiger partial charge in [0.15, 0.2) is 0 Å². The molecule has 4 nitrogen and oxygen atoms in total. The predicted octanol–water partition coefficient (Wildman–Crippen LogP) is 2.39. The lowest BCUT2D eigenvalue weighted by molar-refractivity contribution is -0.123. The number of carbonyl (C=O) groups excluding carboxylic acids is 1. The monoisotopic (exact) mass is 274 g/mol. The molecule has 1 aromatic carbocycles. The Kier molecular flexibility index (Phi) is 2.83. The van der Waals surface area contributed by atoms with Crippen molar-refractivity contribution in [3.8, 4) is 5.75 Å². The zero-order valence-electron chi connectivity index (χ0n) is 12.6. The van der Waals surface area contributed by atoms with Crippen molar-refractivity contribution in [2.24, 2.45) is 0 Å². The van der Waals surface area contributed by atoms with Gasteiger partial charge in [-0.3, -0.25) is 9.69 Å². The number of hydrogen-bond acceptors (Lipinski definition) is 3. The van der Waals surface area contributed by atoms with Crippen LogP contribution in [0.4, 0.5) is 5.69 Å². The maximum atomic E-state index is 12.8. The number of nitrogens with one attached hydrogen (secondary N) is 1. The standard InChI is InChI=1S/C16H22N2O2/c1-5-18-9-8-16(15(18,2)3)12-10-11(20-4)6-7-13(12)17-14(16)19/h6-7,10H,5,8-9H2,1-4H3,(H,17,19). The Morgan fingerprint density at radius 1 is 1.40 bits per heavy atom. The molecule has 4 heteroatoms. The van der Waals surface area contributed by atoms with Crippen molar-refractivity contribution in [3.63, 3.8) is 0 Å². The Hall–Kier alpha value is -1.55. The summed E-state index contributed by atoms with van der Waals surface area (Å²) in [6, 6.07) is 5.87. The van der Waals surface area contributed by atoms with Gasteiger partial charge in [0.2, 0.25) is 5.91 Å². The number of methoxy groups -OCH3 is 1. The van der Waals surface area contributed by atoms with Crippen LogP contribution in [0, 0.1) is 0 Å². The second-order valence-electron chi connectivity index (χ2n) is 6.16. The molecule has 1 aromatic rings. The fourth-order valence-corrected chi connectivity index (χ4v) is 4.03. The molecule has 3 rings (SSSR count). The molecule has 1 saturated heterocycles. The molecule has 1 unspecified atom stereocenters. The van der Waals surface area contributed by atoms with Gasteiger partial charge in [0.05, 0.1) is 12.5 Å². The zero-order valence-corrected chi connectivity index (χ0v) is 12.6. The van der Waals surface area contributed by atoms with E-state index in [1.807, 2.05) is 18.2 Å². The number of anilines is 1. The first-order chi connectivity index (χ1) is 9.47. The SMILES string of the molecule is CCN1CCC2(C(=O)Nc3ccc(OC)cc32)C1(C)C. The molecule has 1 atom stereocenters. The third-order valence-electron chi connectivity index (χ3n) is 5.30. The van der Waals surface area contributed by atoms with E-state index in [0.29, 0.717) is 0 Å². The van der Waals surface area contributed by atoms with Gasteiger partial charge in [-0.2, -0.15) is 0 Å². The molecule has 0 aromatic heterocycles. The van der Waals surface area contributed by atoms with Crippen molar-refractivity contribution in [2.45, 2.75) is 38.1 Å². The van der Waals surface area contributed by atoms with E-state index < -0.39 is 5.41 Å². The van der Waals surface area contributed by atoms with Crippen molar-refractivity contribution >= 4 is 11.6 Å². The van der Waals surface area contributed by atoms with E-state index in [1.54, 1.807) is 7.11 Å². The van der Waals surface area contributed by atoms with Crippen LogP contribution in [0.1, 0.15) is 32.8 Å². The second kappa shape index (κ2) is 4.22. The normalized spacial score (nSPS) is 27.7. The minimum Gasteiger partial charge on any atom is -0.497 e. The van der Waals surface area contributed by atoms with Gasteiger partial charge in [0.25, 0.3) is 0 Å². The number of likely N-dealkylation sites (N-methyl/N-ethyl adjacent to an activating group) is 1. The van der Waals surface area contributed by atoms with Crippen LogP contribution in [0.25, 0.3) is 0 Å². The maximum absolute atomic E-state index is 12.8. The Bertz CT molecular complexity index is 568. The number of fused-ring (bicyclic) bond motifs is 2. The summed E-state index contributed by atoms with van der Waals surface area (Å²) in [6.07, 6.45) is 0.861. The molecule has 1 amide bonds. The van der Waals surface area contributed by atoms with Crippen molar-refractivity contribution in [3.05, 3.63) is 23.8 Å². The molecule has 20 heavy (non-hydrogen) atoms. The predicted molar refractivity (Wildman–Crippen MR) is 79.2 cm³/mol. The molecule has 0 aliphatic carbocycles. The number of benzene rings is 1. The molecule has 2 aliphatic heterocycles. The lowest BCUT2D eigenvalue weighted by atomic mass is 9.68. The number of nitrogens with zero attached hydrogens (tertiary/aromatic N) is 1. The lowest BCUT2D eigenvalue weighted by Gasteiger charge is -2.41. The first-order valence-electron chi connectivity index (χ1n) is 7.22. The topological polar surface area (TPSA) is 41.6 Å². The van der Waals surface area contributed by atoms with Crippen LogP contribution in [0.3, 0.4) is 0 Å². The highest BCUT2D eigenvalue weighted by atomic mass is 16.5. The van der Waals surface area contributed by atoms with Crippen LogP contribution in [0.15, 0.2) is 18.2 Å². The van der Waals surface area contributed by atoms with E-state index in [9.17, 15) is 4.79 Å². The fraction of sp³-hybridized carbons (Fsp3) is 0.562. The summed E-state index contributed by atoms with van der Waals surface area (Å²) < 4.78 is 5.35. The molecular formula is C16H22N2O2. The molecule has 2 heterocycles. The van der Waals surface area contributed by atoms with Gasteiger partial charge in [0.1, 0.15) is 5.75 Å². The molecule has 1 fully saturated rings. The van der Waals surface area contributed by atoms with Crippen molar-refractivity contribution in [1.82, 2.24) is 4.90 Å². The number of carbonyl (C=O) groups is 1. The van der Waals surface area contributed by atoms with Crippen LogP contribution < -0.4 is 10.1 Å². The Morgan fingerprint density at radius 3 is 2.75 bits per heavy atom. The van der Waals surface area contributed by atoms with Gasteiger partial charge >= 0.3 is 0 Å². The van der Waals surface area contributed by atoms with Gasteiger partial charge in [0, 0.05) is 17.8 Å². The average molecular weight is 274 g/mol. The van der Waals surface area contributed by atoms with Gasteiger partial charge in [-0.25, -0.2) is 0 Å². The number of rotatable bonds is 2. The average Bonchev–Trinajstić information content (AvgIpc) is 2.86. The summed E-state index contributed by atoms with van der Waals surface area (Å²) in [4.78, 5) is 15.1. The van der Waals surface area contributed by atoms with Gasteiger partial charge in [-0.1, -0.05) is 6.92 Å². The fourth-order valence-electron chi connectivity index (χ4n) is 4.03. The minimum atomic E-state index is -0.465. The number of amides is 1. The summed E-state index contributed by atoms with van der Waals surface area (Å²) >= 11 is 0. The maximum Gasteiger partial charge on any atom is 0.237 e. The highest BCUT2D eigenvalue weighted by Gasteiger charge is 2.62. The summed E-state index contributed by atoms with van der Waals surface area (Å²) in [7, 11) is 1.66. The molecule has 0 radical (unpaired) electrons. The molecule has 0 saturated carbocycles. The smallest absolute Gasteiger partial charge is 0.237 e. The molecule has 0 bridgehead atoms. The van der Waals surface area contributed by atoms with Crippen LogP contribution in [0.2, 0.25) is 0 Å². The lowest BCUT2D eigenvalue weighted by Crippen LogP contribution is -2.54. The van der Waals surface area contributed by atoms with E-state index in [2.05, 4.69) is 31.0 Å². The summed E-state index contributed by atoms with van der Waals surface area (Å²) in [5.41, 5.74) is 1.36. The highest BCUT2D eigenvalue weighted by Crippen LogP contribution is 2.54. The van der Waals surface area contributed by atoms with E-state index in [1.165, 1.54) is 0 Å². The number of likely N-dealkylation sites (tertiary alicyclic amines) is 1. The molecule has 2 aliphatic rings. The molecule has 1 N–H and O–H groups in total. The largest absolute Gasteiger partial charge is 0.497 e. The second-order valence-corrected chi connectivity index (χ2v) is 6.16. The summed E-state index contributed by atoms with van der Waals surface area (Å²) in [6.45, 7) is 8.42. The molecule has 1 spiro atoms. The summed E-state index contributed by atoms with van der Waals surface area (Å²) in [5, 5.41) is 3.06. The zero-order chi connectivity index (χ0) is 14.5. The van der Waals surface area contributed by atoms with Crippen LogP contribution in [-0.2, 0) is 10.2 Å². The third kappa shape index (κ3) is 1.43. The van der Waals surface area contributed by atoms with E-state index in [0.717, 1.165) is 36.5 Å². The Labute approximate surface area is 120 Å². The Balaban J connectivity index is 2.19. The Morgan fingerprint density at radius 2 is 2.15 bits per heavy atom. The van der Waals surface area contributed by atoms with E-state index in [4.69, 9.17) is 4.74 Å². The number of hydrogen-bond donors (Lipinski definition) is 1. The van der Waals surface area contributed by atoms with Gasteiger partial charge in [-0.15, -0.1) is 0 Å². The third-order valence-corrected chi connectivity index (χ3v) is 5.30. The van der Waals surface area contributed by atoms with E-state index in [-0.39, 0.29) is 11.4 Å². The van der Waals surface area contributed by atoms with Crippen LogP contribution >= 0.6 is 0 Å². The summed E-state index contributed by atoms with van der Waals surface area (Å²) in [5.74, 6) is 0.937. The minimum absolute atomic E-state index is 0.127. The van der Waals surface area contributed by atoms with Crippen molar-refractivity contribution < 1.29 is 9.53 Å².